The highest BCUT2D eigenvalue weighted by Gasteiger charge is 2.30. The van der Waals surface area contributed by atoms with E-state index in [0.717, 1.165) is 39.0 Å². The van der Waals surface area contributed by atoms with Gasteiger partial charge in [0.1, 0.15) is 5.01 Å². The minimum atomic E-state index is -0.204. The molecule has 4 nitrogen and oxygen atoms in total. The SMILES string of the molecule is OC1CC(CNCc2nc3c(s2)CCC3)N(Cc2ccccc2)C1. The zero-order valence-corrected chi connectivity index (χ0v) is 14.8. The minimum absolute atomic E-state index is 0.204. The van der Waals surface area contributed by atoms with Gasteiger partial charge in [-0.05, 0) is 31.2 Å². The number of nitrogens with one attached hydrogen (secondary N) is 1. The van der Waals surface area contributed by atoms with Gasteiger partial charge in [-0.25, -0.2) is 4.98 Å². The molecule has 24 heavy (non-hydrogen) atoms. The lowest BCUT2D eigenvalue weighted by Gasteiger charge is -2.24. The van der Waals surface area contributed by atoms with Crippen LogP contribution in [0.15, 0.2) is 30.3 Å². The number of aryl methyl sites for hydroxylation is 2. The zero-order chi connectivity index (χ0) is 16.4. The Morgan fingerprint density at radius 3 is 2.96 bits per heavy atom. The largest absolute Gasteiger partial charge is 0.392 e. The second-order valence-electron chi connectivity index (χ2n) is 6.92. The molecule has 0 amide bonds. The lowest BCUT2D eigenvalue weighted by atomic mass is 10.1. The number of hydrogen-bond acceptors (Lipinski definition) is 5. The molecular weight excluding hydrogens is 318 g/mol. The van der Waals surface area contributed by atoms with Crippen molar-refractivity contribution in [2.24, 2.45) is 0 Å². The maximum atomic E-state index is 10.1. The Labute approximate surface area is 147 Å². The number of aliphatic hydroxyl groups excluding tert-OH is 1. The maximum absolute atomic E-state index is 10.1. The molecule has 0 bridgehead atoms. The van der Waals surface area contributed by atoms with Gasteiger partial charge in [0.2, 0.25) is 0 Å². The first-order valence-electron chi connectivity index (χ1n) is 8.92. The maximum Gasteiger partial charge on any atom is 0.107 e. The summed E-state index contributed by atoms with van der Waals surface area (Å²) >= 11 is 1.87. The van der Waals surface area contributed by atoms with Crippen LogP contribution < -0.4 is 5.32 Å². The summed E-state index contributed by atoms with van der Waals surface area (Å²) in [6.07, 6.45) is 4.30. The third kappa shape index (κ3) is 3.70. The quantitative estimate of drug-likeness (QED) is 0.845. The number of nitrogens with zero attached hydrogens (tertiary/aromatic N) is 2. The van der Waals surface area contributed by atoms with Crippen molar-refractivity contribution in [1.82, 2.24) is 15.2 Å². The first-order valence-corrected chi connectivity index (χ1v) is 9.74. The summed E-state index contributed by atoms with van der Waals surface area (Å²) in [4.78, 5) is 8.64. The number of aliphatic hydroxyl groups is 1. The van der Waals surface area contributed by atoms with Crippen molar-refractivity contribution in [3.8, 4) is 0 Å². The average Bonchev–Trinajstić information content (AvgIpc) is 3.24. The van der Waals surface area contributed by atoms with Crippen LogP contribution in [0.2, 0.25) is 0 Å². The predicted molar refractivity (Wildman–Crippen MR) is 97.1 cm³/mol. The van der Waals surface area contributed by atoms with Gasteiger partial charge in [0, 0.05) is 37.1 Å². The average molecular weight is 343 g/mol. The van der Waals surface area contributed by atoms with E-state index in [9.17, 15) is 5.11 Å². The molecule has 2 atom stereocenters. The van der Waals surface area contributed by atoms with Crippen LogP contribution in [-0.4, -0.2) is 40.2 Å². The Morgan fingerprint density at radius 2 is 2.12 bits per heavy atom. The van der Waals surface area contributed by atoms with Crippen LogP contribution in [0.25, 0.3) is 0 Å². The fourth-order valence-corrected chi connectivity index (χ4v) is 4.97. The molecule has 1 aromatic heterocycles. The number of rotatable bonds is 6. The predicted octanol–water partition coefficient (Wildman–Crippen LogP) is 2.36. The van der Waals surface area contributed by atoms with Crippen LogP contribution in [0, 0.1) is 0 Å². The molecule has 1 aliphatic heterocycles. The second-order valence-corrected chi connectivity index (χ2v) is 8.09. The lowest BCUT2D eigenvalue weighted by Crippen LogP contribution is -2.37. The molecule has 2 aromatic rings. The molecule has 0 radical (unpaired) electrons. The number of aromatic nitrogens is 1. The van der Waals surface area contributed by atoms with Crippen molar-refractivity contribution < 1.29 is 5.11 Å². The fourth-order valence-electron chi connectivity index (χ4n) is 3.85. The first kappa shape index (κ1) is 16.2. The first-order chi connectivity index (χ1) is 11.8. The molecule has 128 valence electrons. The van der Waals surface area contributed by atoms with Crippen molar-refractivity contribution >= 4 is 11.3 Å². The molecule has 2 heterocycles. The fraction of sp³-hybridized carbons (Fsp3) is 0.526. The van der Waals surface area contributed by atoms with E-state index in [-0.39, 0.29) is 6.10 Å². The summed E-state index contributed by atoms with van der Waals surface area (Å²) < 4.78 is 0. The standard InChI is InChI=1S/C19H25N3OS/c23-16-9-15(22(13-16)12-14-5-2-1-3-6-14)10-20-11-19-21-17-7-4-8-18(17)24-19/h1-3,5-6,15-16,20,23H,4,7-13H2. The van der Waals surface area contributed by atoms with Gasteiger partial charge in [-0.15, -0.1) is 11.3 Å². The summed E-state index contributed by atoms with van der Waals surface area (Å²) in [5, 5.41) is 14.8. The molecular formula is C19H25N3OS. The Kier molecular flexibility index (Phi) is 4.94. The van der Waals surface area contributed by atoms with Crippen LogP contribution in [0.3, 0.4) is 0 Å². The molecule has 2 unspecified atom stereocenters. The van der Waals surface area contributed by atoms with Crippen molar-refractivity contribution in [1.29, 1.82) is 0 Å². The number of β-amino-alcohol motifs (C(OH)–C–C–N with tert-alkyl or cyclic N) is 1. The van der Waals surface area contributed by atoms with E-state index in [0.29, 0.717) is 6.04 Å². The Balaban J connectivity index is 1.30. The number of fused-ring (bicyclic) bond motifs is 1. The molecule has 2 N–H and O–H groups in total. The van der Waals surface area contributed by atoms with Crippen LogP contribution in [0.1, 0.15) is 34.0 Å². The topological polar surface area (TPSA) is 48.4 Å². The molecule has 1 fully saturated rings. The van der Waals surface area contributed by atoms with Gasteiger partial charge in [0.15, 0.2) is 0 Å². The van der Waals surface area contributed by atoms with E-state index in [1.165, 1.54) is 34.0 Å². The molecule has 1 aromatic carbocycles. The van der Waals surface area contributed by atoms with Crippen molar-refractivity contribution in [2.45, 2.75) is 50.9 Å². The van der Waals surface area contributed by atoms with Gasteiger partial charge in [0.05, 0.1) is 11.8 Å². The third-order valence-corrected chi connectivity index (χ3v) is 6.19. The van der Waals surface area contributed by atoms with E-state index in [1.54, 1.807) is 0 Å². The van der Waals surface area contributed by atoms with E-state index < -0.39 is 0 Å². The molecule has 0 spiro atoms. The number of hydrogen-bond donors (Lipinski definition) is 2. The van der Waals surface area contributed by atoms with Crippen molar-refractivity contribution in [3.05, 3.63) is 51.5 Å². The summed E-state index contributed by atoms with van der Waals surface area (Å²) in [7, 11) is 0. The van der Waals surface area contributed by atoms with Gasteiger partial charge in [-0.1, -0.05) is 30.3 Å². The Hall–Kier alpha value is -1.27. The molecule has 0 saturated carbocycles. The molecule has 1 saturated heterocycles. The minimum Gasteiger partial charge on any atom is -0.392 e. The van der Waals surface area contributed by atoms with E-state index >= 15 is 0 Å². The Bertz CT molecular complexity index is 651. The van der Waals surface area contributed by atoms with Crippen LogP contribution in [0.4, 0.5) is 0 Å². The lowest BCUT2D eigenvalue weighted by molar-refractivity contribution is 0.172. The Morgan fingerprint density at radius 1 is 1.25 bits per heavy atom. The second kappa shape index (κ2) is 7.31. The van der Waals surface area contributed by atoms with Crippen molar-refractivity contribution in [3.63, 3.8) is 0 Å². The number of thiazole rings is 1. The van der Waals surface area contributed by atoms with Crippen LogP contribution in [0.5, 0.6) is 0 Å². The van der Waals surface area contributed by atoms with Gasteiger partial charge >= 0.3 is 0 Å². The smallest absolute Gasteiger partial charge is 0.107 e. The highest BCUT2D eigenvalue weighted by molar-refractivity contribution is 7.11. The number of likely N-dealkylation sites (tertiary alicyclic amines) is 1. The van der Waals surface area contributed by atoms with E-state index in [1.807, 2.05) is 17.4 Å². The third-order valence-electron chi connectivity index (χ3n) is 5.03. The number of benzene rings is 1. The van der Waals surface area contributed by atoms with E-state index in [2.05, 4.69) is 34.5 Å². The van der Waals surface area contributed by atoms with Crippen molar-refractivity contribution in [2.75, 3.05) is 13.1 Å². The summed E-state index contributed by atoms with van der Waals surface area (Å²) in [6, 6.07) is 10.9. The van der Waals surface area contributed by atoms with Gasteiger partial charge in [0.25, 0.3) is 0 Å². The summed E-state index contributed by atoms with van der Waals surface area (Å²) in [6.45, 7) is 3.44. The van der Waals surface area contributed by atoms with Gasteiger partial charge in [-0.3, -0.25) is 4.90 Å². The van der Waals surface area contributed by atoms with Gasteiger partial charge < -0.3 is 10.4 Å². The zero-order valence-electron chi connectivity index (χ0n) is 13.9. The highest BCUT2D eigenvalue weighted by atomic mass is 32.1. The van der Waals surface area contributed by atoms with Gasteiger partial charge in [-0.2, -0.15) is 0 Å². The summed E-state index contributed by atoms with van der Waals surface area (Å²) in [5.74, 6) is 0. The normalized spacial score (nSPS) is 23.7. The van der Waals surface area contributed by atoms with Crippen LogP contribution >= 0.6 is 11.3 Å². The molecule has 1 aliphatic carbocycles. The monoisotopic (exact) mass is 343 g/mol. The van der Waals surface area contributed by atoms with E-state index in [4.69, 9.17) is 4.98 Å². The molecule has 5 heteroatoms. The van der Waals surface area contributed by atoms with Crippen LogP contribution in [-0.2, 0) is 25.9 Å². The molecule has 4 rings (SSSR count). The highest BCUT2D eigenvalue weighted by Crippen LogP contribution is 2.27. The molecule has 2 aliphatic rings. The summed E-state index contributed by atoms with van der Waals surface area (Å²) in [5.41, 5.74) is 2.65.